The van der Waals surface area contributed by atoms with Gasteiger partial charge in [0.25, 0.3) is 0 Å². The zero-order chi connectivity index (χ0) is 19.7. The van der Waals surface area contributed by atoms with E-state index in [0.717, 1.165) is 12.1 Å². The third-order valence-corrected chi connectivity index (χ3v) is 5.23. The van der Waals surface area contributed by atoms with Crippen molar-refractivity contribution in [1.82, 2.24) is 19.6 Å². The number of nitriles is 1. The smallest absolute Gasteiger partial charge is 0.161 e. The average molecular weight is 426 g/mol. The van der Waals surface area contributed by atoms with Gasteiger partial charge in [0.1, 0.15) is 22.9 Å². The van der Waals surface area contributed by atoms with Gasteiger partial charge in [0.05, 0.1) is 21.7 Å². The summed E-state index contributed by atoms with van der Waals surface area (Å²) in [6.07, 6.45) is 3.18. The Morgan fingerprint density at radius 1 is 1.19 bits per heavy atom. The minimum Gasteiger partial charge on any atom is -0.255 e. The molecule has 3 rings (SSSR count). The summed E-state index contributed by atoms with van der Waals surface area (Å²) in [5.41, 5.74) is 0.278. The second-order valence-electron chi connectivity index (χ2n) is 5.32. The zero-order valence-electron chi connectivity index (χ0n) is 14.0. The predicted molar refractivity (Wildman–Crippen MR) is 103 cm³/mol. The molecule has 3 aromatic rings. The predicted octanol–water partition coefficient (Wildman–Crippen LogP) is 5.08. The largest absolute Gasteiger partial charge is 0.255 e. The Hall–Kier alpha value is -2.34. The van der Waals surface area contributed by atoms with Gasteiger partial charge in [0.15, 0.2) is 10.9 Å². The lowest BCUT2D eigenvalue weighted by molar-refractivity contribution is 0.588. The van der Waals surface area contributed by atoms with Crippen molar-refractivity contribution in [3.05, 3.63) is 58.0 Å². The van der Waals surface area contributed by atoms with E-state index in [0.29, 0.717) is 10.5 Å². The van der Waals surface area contributed by atoms with Gasteiger partial charge in [-0.3, -0.25) is 4.68 Å². The van der Waals surface area contributed by atoms with Crippen LogP contribution in [0.15, 0.2) is 30.5 Å². The maximum atomic E-state index is 14.0. The van der Waals surface area contributed by atoms with Crippen LogP contribution in [0.5, 0.6) is 0 Å². The number of benzene rings is 1. The second-order valence-corrected chi connectivity index (χ2v) is 6.85. The highest BCUT2D eigenvalue weighted by atomic mass is 35.5. The van der Waals surface area contributed by atoms with E-state index in [9.17, 15) is 14.0 Å². The number of rotatable bonds is 4. The molecule has 0 unspecified atom stereocenters. The minimum atomic E-state index is -0.744. The highest BCUT2D eigenvalue weighted by Crippen LogP contribution is 2.39. The summed E-state index contributed by atoms with van der Waals surface area (Å²) >= 11 is 13.6. The van der Waals surface area contributed by atoms with Gasteiger partial charge in [0.2, 0.25) is 0 Å². The topological polar surface area (TPSA) is 59.4 Å². The van der Waals surface area contributed by atoms with Crippen molar-refractivity contribution in [3.63, 3.8) is 0 Å². The zero-order valence-corrected chi connectivity index (χ0v) is 16.4. The fraction of sp³-hybridized carbons (Fsp3) is 0.118. The lowest BCUT2D eigenvalue weighted by Gasteiger charge is -2.08. The Balaban J connectivity index is 2.18. The van der Waals surface area contributed by atoms with E-state index < -0.39 is 11.6 Å². The molecular weight excluding hydrogens is 415 g/mol. The van der Waals surface area contributed by atoms with Gasteiger partial charge in [0, 0.05) is 13.2 Å². The van der Waals surface area contributed by atoms with Crippen molar-refractivity contribution >= 4 is 45.6 Å². The van der Waals surface area contributed by atoms with Crippen LogP contribution in [0.2, 0.25) is 10.3 Å². The van der Waals surface area contributed by atoms with Crippen LogP contribution in [0, 0.1) is 23.0 Å². The van der Waals surface area contributed by atoms with Gasteiger partial charge < -0.3 is 0 Å². The van der Waals surface area contributed by atoms with Crippen molar-refractivity contribution in [2.24, 2.45) is 7.05 Å². The molecule has 0 atom stereocenters. The van der Waals surface area contributed by atoms with Crippen LogP contribution in [0.4, 0.5) is 8.78 Å². The molecule has 27 heavy (non-hydrogen) atoms. The first-order chi connectivity index (χ1) is 12.9. The molecular formula is C17H11Cl2F2N5S. The molecule has 0 fully saturated rings. The van der Waals surface area contributed by atoms with E-state index in [1.54, 1.807) is 13.3 Å². The molecule has 2 aromatic heterocycles. The number of aryl methyl sites for hydroxylation is 1. The third-order valence-electron chi connectivity index (χ3n) is 3.72. The Kier molecular flexibility index (Phi) is 5.56. The molecule has 0 aliphatic carbocycles. The van der Waals surface area contributed by atoms with Crippen LogP contribution in [0.3, 0.4) is 0 Å². The number of hydrogen-bond donors (Lipinski definition) is 0. The maximum absolute atomic E-state index is 14.0. The number of hydrogen-bond acceptors (Lipinski definition) is 4. The Bertz CT molecular complexity index is 1080. The van der Waals surface area contributed by atoms with Gasteiger partial charge >= 0.3 is 0 Å². The summed E-state index contributed by atoms with van der Waals surface area (Å²) in [4.78, 5) is 0.434. The lowest BCUT2D eigenvalue weighted by atomic mass is 10.1. The molecule has 0 amide bonds. The van der Waals surface area contributed by atoms with E-state index in [2.05, 4.69) is 10.2 Å². The Labute approximate surface area is 167 Å². The molecule has 0 radical (unpaired) electrons. The van der Waals surface area contributed by atoms with Crippen molar-refractivity contribution < 1.29 is 8.78 Å². The summed E-state index contributed by atoms with van der Waals surface area (Å²) in [5.74, 6) is -1.49. The molecule has 0 saturated heterocycles. The SMILES string of the molecule is CSC(=C(C#N)n1ccc(-c2c(F)cccc2F)n1)c1c(Cl)nn(C)c1Cl. The van der Waals surface area contributed by atoms with Crippen molar-refractivity contribution in [2.75, 3.05) is 6.26 Å². The maximum Gasteiger partial charge on any atom is 0.161 e. The summed E-state index contributed by atoms with van der Waals surface area (Å²) in [7, 11) is 1.62. The molecule has 0 bridgehead atoms. The van der Waals surface area contributed by atoms with Gasteiger partial charge in [-0.05, 0) is 24.5 Å². The van der Waals surface area contributed by atoms with Crippen LogP contribution < -0.4 is 0 Å². The second kappa shape index (κ2) is 7.72. The molecule has 10 heteroatoms. The van der Waals surface area contributed by atoms with Gasteiger partial charge in [-0.25, -0.2) is 13.5 Å². The Morgan fingerprint density at radius 3 is 2.37 bits per heavy atom. The molecule has 0 N–H and O–H groups in total. The quantitative estimate of drug-likeness (QED) is 0.546. The lowest BCUT2D eigenvalue weighted by Crippen LogP contribution is -2.00. The molecule has 0 saturated carbocycles. The van der Waals surface area contributed by atoms with Crippen LogP contribution >= 0.6 is 35.0 Å². The van der Waals surface area contributed by atoms with Gasteiger partial charge in [-0.15, -0.1) is 11.8 Å². The molecule has 0 aliphatic rings. The van der Waals surface area contributed by atoms with Crippen molar-refractivity contribution in [3.8, 4) is 17.3 Å². The standard InChI is InChI=1S/C17H11Cl2F2N5S/c1-25-17(19)14(16(18)24-25)15(27-2)12(8-22)26-7-6-11(23-26)13-9(20)4-3-5-10(13)21/h3-7H,1-2H3. The fourth-order valence-electron chi connectivity index (χ4n) is 2.51. The van der Waals surface area contributed by atoms with Crippen molar-refractivity contribution in [1.29, 1.82) is 5.26 Å². The van der Waals surface area contributed by atoms with E-state index in [1.807, 2.05) is 6.07 Å². The van der Waals surface area contributed by atoms with E-state index in [1.165, 1.54) is 39.5 Å². The van der Waals surface area contributed by atoms with Gasteiger partial charge in [-0.1, -0.05) is 29.3 Å². The Morgan fingerprint density at radius 2 is 1.85 bits per heavy atom. The highest BCUT2D eigenvalue weighted by molar-refractivity contribution is 8.08. The highest BCUT2D eigenvalue weighted by Gasteiger charge is 2.22. The number of thioether (sulfide) groups is 1. The fourth-order valence-corrected chi connectivity index (χ4v) is 3.92. The normalized spacial score (nSPS) is 12.0. The first-order valence-electron chi connectivity index (χ1n) is 7.46. The first kappa shape index (κ1) is 19.4. The molecule has 2 heterocycles. The van der Waals surface area contributed by atoms with Crippen molar-refractivity contribution in [2.45, 2.75) is 0 Å². The summed E-state index contributed by atoms with van der Waals surface area (Å²) in [6.45, 7) is 0. The van der Waals surface area contributed by atoms with Crippen LogP contribution in [0.1, 0.15) is 5.56 Å². The van der Waals surface area contributed by atoms with E-state index >= 15 is 0 Å². The summed E-state index contributed by atoms with van der Waals surface area (Å²) in [6, 6.07) is 7.01. The van der Waals surface area contributed by atoms with Gasteiger partial charge in [-0.2, -0.15) is 15.5 Å². The number of aromatic nitrogens is 4. The third kappa shape index (κ3) is 3.46. The molecule has 138 valence electrons. The summed E-state index contributed by atoms with van der Waals surface area (Å²) in [5, 5.41) is 18.3. The number of nitrogens with zero attached hydrogens (tertiary/aromatic N) is 5. The minimum absolute atomic E-state index is 0.0576. The number of halogens is 4. The van der Waals surface area contributed by atoms with E-state index in [4.69, 9.17) is 23.2 Å². The molecule has 1 aromatic carbocycles. The van der Waals surface area contributed by atoms with Crippen LogP contribution in [-0.2, 0) is 7.05 Å². The van der Waals surface area contributed by atoms with Crippen LogP contribution in [-0.4, -0.2) is 25.8 Å². The van der Waals surface area contributed by atoms with Crippen LogP contribution in [0.25, 0.3) is 21.9 Å². The molecule has 5 nitrogen and oxygen atoms in total. The average Bonchev–Trinajstić information content (AvgIpc) is 3.18. The van der Waals surface area contributed by atoms with E-state index in [-0.39, 0.29) is 27.3 Å². The number of allylic oxidation sites excluding steroid dienone is 1. The molecule has 0 spiro atoms. The first-order valence-corrected chi connectivity index (χ1v) is 9.44. The molecule has 0 aliphatic heterocycles. The summed E-state index contributed by atoms with van der Waals surface area (Å²) < 4.78 is 30.6. The monoisotopic (exact) mass is 425 g/mol.